The fourth-order valence-electron chi connectivity index (χ4n) is 3.42. The number of imidazole rings is 1. The van der Waals surface area contributed by atoms with Crippen molar-refractivity contribution in [3.05, 3.63) is 78.3 Å². The summed E-state index contributed by atoms with van der Waals surface area (Å²) in [5.41, 5.74) is 2.32. The van der Waals surface area contributed by atoms with Crippen molar-refractivity contribution >= 4 is 11.8 Å². The fraction of sp³-hybridized carbons (Fsp3) is 0.286. The standard InChI is InChI=1S/C21H22N4O3/c26-20(17-3-1-16(2-4-17)13-24-11-8-22-15-24)23-19-5-9-25(10-6-19)21(27)18-7-12-28-14-18/h1-4,7-8,11-12,14-15,19H,5-6,9-10,13H2,(H,23,26). The predicted molar refractivity (Wildman–Crippen MR) is 103 cm³/mol. The molecule has 0 unspecified atom stereocenters. The third-order valence-corrected chi connectivity index (χ3v) is 5.03. The Hall–Kier alpha value is -3.35. The number of nitrogens with zero attached hydrogens (tertiary/aromatic N) is 3. The Labute approximate surface area is 163 Å². The third kappa shape index (κ3) is 4.14. The van der Waals surface area contributed by atoms with Crippen molar-refractivity contribution in [1.29, 1.82) is 0 Å². The minimum Gasteiger partial charge on any atom is -0.472 e. The van der Waals surface area contributed by atoms with E-state index in [4.69, 9.17) is 4.42 Å². The molecule has 144 valence electrons. The number of furan rings is 1. The lowest BCUT2D eigenvalue weighted by Crippen LogP contribution is -2.46. The topological polar surface area (TPSA) is 80.4 Å². The van der Waals surface area contributed by atoms with E-state index in [-0.39, 0.29) is 17.9 Å². The summed E-state index contributed by atoms with van der Waals surface area (Å²) < 4.78 is 6.96. The lowest BCUT2D eigenvalue weighted by atomic mass is 10.0. The first-order valence-electron chi connectivity index (χ1n) is 9.36. The highest BCUT2D eigenvalue weighted by Crippen LogP contribution is 2.15. The lowest BCUT2D eigenvalue weighted by molar-refractivity contribution is 0.0697. The molecule has 1 aromatic carbocycles. The summed E-state index contributed by atoms with van der Waals surface area (Å²) in [4.78, 5) is 30.7. The van der Waals surface area contributed by atoms with Crippen LogP contribution in [0.4, 0.5) is 0 Å². The molecule has 2 amide bonds. The first-order chi connectivity index (χ1) is 13.7. The molecule has 0 atom stereocenters. The van der Waals surface area contributed by atoms with E-state index in [9.17, 15) is 9.59 Å². The van der Waals surface area contributed by atoms with Gasteiger partial charge in [0.2, 0.25) is 0 Å². The summed E-state index contributed by atoms with van der Waals surface area (Å²) in [7, 11) is 0. The van der Waals surface area contributed by atoms with Crippen LogP contribution in [0.25, 0.3) is 0 Å². The van der Waals surface area contributed by atoms with Gasteiger partial charge in [-0.15, -0.1) is 0 Å². The minimum atomic E-state index is -0.0752. The van der Waals surface area contributed by atoms with Crippen molar-refractivity contribution in [2.45, 2.75) is 25.4 Å². The maximum atomic E-state index is 12.5. The van der Waals surface area contributed by atoms with Crippen LogP contribution in [0.2, 0.25) is 0 Å². The molecule has 1 aliphatic rings. The number of carbonyl (C=O) groups is 2. The lowest BCUT2D eigenvalue weighted by Gasteiger charge is -2.32. The van der Waals surface area contributed by atoms with E-state index in [1.807, 2.05) is 35.0 Å². The van der Waals surface area contributed by atoms with E-state index >= 15 is 0 Å². The van der Waals surface area contributed by atoms with Gasteiger partial charge in [0.15, 0.2) is 0 Å². The molecule has 1 aliphatic heterocycles. The van der Waals surface area contributed by atoms with Gasteiger partial charge in [-0.3, -0.25) is 9.59 Å². The van der Waals surface area contributed by atoms with Crippen LogP contribution >= 0.6 is 0 Å². The average Bonchev–Trinajstić information content (AvgIpc) is 3.43. The molecular weight excluding hydrogens is 356 g/mol. The highest BCUT2D eigenvalue weighted by molar-refractivity contribution is 5.95. The van der Waals surface area contributed by atoms with E-state index in [1.54, 1.807) is 23.5 Å². The summed E-state index contributed by atoms with van der Waals surface area (Å²) >= 11 is 0. The van der Waals surface area contributed by atoms with Crippen molar-refractivity contribution in [1.82, 2.24) is 19.8 Å². The molecule has 0 aliphatic carbocycles. The average molecular weight is 378 g/mol. The molecule has 28 heavy (non-hydrogen) atoms. The molecule has 3 aromatic rings. The van der Waals surface area contributed by atoms with Gasteiger partial charge in [-0.1, -0.05) is 12.1 Å². The van der Waals surface area contributed by atoms with Crippen LogP contribution in [0.15, 0.2) is 66.0 Å². The van der Waals surface area contributed by atoms with Crippen molar-refractivity contribution < 1.29 is 14.0 Å². The largest absolute Gasteiger partial charge is 0.472 e. The SMILES string of the molecule is O=C(NC1CCN(C(=O)c2ccoc2)CC1)c1ccc(Cn2ccnc2)cc1. The molecule has 3 heterocycles. The zero-order chi connectivity index (χ0) is 19.3. The number of piperidine rings is 1. The number of benzene rings is 1. The van der Waals surface area contributed by atoms with E-state index in [0.29, 0.717) is 24.2 Å². The maximum Gasteiger partial charge on any atom is 0.257 e. The van der Waals surface area contributed by atoms with Crippen molar-refractivity contribution in [3.63, 3.8) is 0 Å². The molecule has 0 saturated carbocycles. The first kappa shape index (κ1) is 18.0. The summed E-state index contributed by atoms with van der Waals surface area (Å²) in [5, 5.41) is 3.08. The highest BCUT2D eigenvalue weighted by Gasteiger charge is 2.25. The van der Waals surface area contributed by atoms with Crippen LogP contribution in [0, 0.1) is 0 Å². The third-order valence-electron chi connectivity index (χ3n) is 5.03. The summed E-state index contributed by atoms with van der Waals surface area (Å²) in [6, 6.07) is 9.36. The molecule has 0 bridgehead atoms. The van der Waals surface area contributed by atoms with Gasteiger partial charge in [0.05, 0.1) is 18.2 Å². The number of rotatable bonds is 5. The van der Waals surface area contributed by atoms with Crippen LogP contribution in [0.1, 0.15) is 39.1 Å². The van der Waals surface area contributed by atoms with Crippen molar-refractivity contribution in [2.75, 3.05) is 13.1 Å². The van der Waals surface area contributed by atoms with Gasteiger partial charge in [0.25, 0.3) is 11.8 Å². The minimum absolute atomic E-state index is 0.0213. The van der Waals surface area contributed by atoms with E-state index in [2.05, 4.69) is 10.3 Å². The normalized spacial score (nSPS) is 14.8. The second-order valence-electron chi connectivity index (χ2n) is 6.98. The number of carbonyl (C=O) groups excluding carboxylic acids is 2. The number of likely N-dealkylation sites (tertiary alicyclic amines) is 1. The Morgan fingerprint density at radius 2 is 1.89 bits per heavy atom. The van der Waals surface area contributed by atoms with Gasteiger partial charge < -0.3 is 19.2 Å². The van der Waals surface area contributed by atoms with Crippen LogP contribution in [0.5, 0.6) is 0 Å². The Balaban J connectivity index is 1.28. The Morgan fingerprint density at radius 1 is 1.11 bits per heavy atom. The van der Waals surface area contributed by atoms with E-state index in [1.165, 1.54) is 12.5 Å². The first-order valence-corrected chi connectivity index (χ1v) is 9.36. The van der Waals surface area contributed by atoms with Crippen LogP contribution < -0.4 is 5.32 Å². The molecule has 0 spiro atoms. The van der Waals surface area contributed by atoms with Gasteiger partial charge in [-0.05, 0) is 36.6 Å². The van der Waals surface area contributed by atoms with Crippen LogP contribution in [-0.4, -0.2) is 45.4 Å². The Kier molecular flexibility index (Phi) is 5.23. The predicted octanol–water partition coefficient (Wildman–Crippen LogP) is 2.56. The van der Waals surface area contributed by atoms with E-state index < -0.39 is 0 Å². The van der Waals surface area contributed by atoms with Gasteiger partial charge in [-0.2, -0.15) is 0 Å². The number of hydrogen-bond acceptors (Lipinski definition) is 4. The highest BCUT2D eigenvalue weighted by atomic mass is 16.3. The molecular formula is C21H22N4O3. The van der Waals surface area contributed by atoms with Gasteiger partial charge in [0, 0.05) is 43.6 Å². The molecule has 4 rings (SSSR count). The second-order valence-corrected chi connectivity index (χ2v) is 6.98. The van der Waals surface area contributed by atoms with E-state index in [0.717, 1.165) is 24.9 Å². The summed E-state index contributed by atoms with van der Waals surface area (Å²) in [5.74, 6) is -0.0965. The molecule has 7 nitrogen and oxygen atoms in total. The molecule has 1 N–H and O–H groups in total. The molecule has 1 saturated heterocycles. The number of hydrogen-bond donors (Lipinski definition) is 1. The molecule has 7 heteroatoms. The van der Waals surface area contributed by atoms with Crippen molar-refractivity contribution in [3.8, 4) is 0 Å². The van der Waals surface area contributed by atoms with Gasteiger partial charge in [0.1, 0.15) is 6.26 Å². The fourth-order valence-corrected chi connectivity index (χ4v) is 3.42. The van der Waals surface area contributed by atoms with Gasteiger partial charge in [-0.25, -0.2) is 4.98 Å². The Morgan fingerprint density at radius 3 is 2.54 bits per heavy atom. The van der Waals surface area contributed by atoms with Crippen LogP contribution in [-0.2, 0) is 6.54 Å². The molecule has 1 fully saturated rings. The zero-order valence-corrected chi connectivity index (χ0v) is 15.5. The maximum absolute atomic E-state index is 12.5. The number of amides is 2. The Bertz CT molecular complexity index is 909. The second kappa shape index (κ2) is 8.12. The number of aromatic nitrogens is 2. The monoisotopic (exact) mass is 378 g/mol. The van der Waals surface area contributed by atoms with Gasteiger partial charge >= 0.3 is 0 Å². The summed E-state index contributed by atoms with van der Waals surface area (Å²) in [6.07, 6.45) is 9.88. The summed E-state index contributed by atoms with van der Waals surface area (Å²) in [6.45, 7) is 1.97. The quantitative estimate of drug-likeness (QED) is 0.740. The number of nitrogens with one attached hydrogen (secondary N) is 1. The van der Waals surface area contributed by atoms with Crippen LogP contribution in [0.3, 0.4) is 0 Å². The smallest absolute Gasteiger partial charge is 0.257 e. The molecule has 0 radical (unpaired) electrons. The van der Waals surface area contributed by atoms with Crippen molar-refractivity contribution in [2.24, 2.45) is 0 Å². The molecule has 2 aromatic heterocycles. The zero-order valence-electron chi connectivity index (χ0n) is 15.5.